The van der Waals surface area contributed by atoms with Gasteiger partial charge in [0, 0.05) is 17.9 Å². The van der Waals surface area contributed by atoms with Gasteiger partial charge in [0.2, 0.25) is 11.9 Å². The van der Waals surface area contributed by atoms with Crippen LogP contribution in [0, 0.1) is 11.8 Å². The van der Waals surface area contributed by atoms with Crippen molar-refractivity contribution in [3.8, 4) is 0 Å². The molecule has 1 spiro atoms. The largest absolute Gasteiger partial charge is 0.444 e. The molecule has 0 radical (unpaired) electrons. The first kappa shape index (κ1) is 12.7. The molecule has 5 heteroatoms. The van der Waals surface area contributed by atoms with Gasteiger partial charge in [0.25, 0.3) is 0 Å². The topological polar surface area (TPSA) is 61.8 Å². The van der Waals surface area contributed by atoms with Crippen LogP contribution in [0.25, 0.3) is 0 Å². The lowest BCUT2D eigenvalue weighted by Crippen LogP contribution is -2.53. The maximum atomic E-state index is 12.0. The number of fused-ring (bicyclic) bond motifs is 3. The highest BCUT2D eigenvalue weighted by Crippen LogP contribution is 2.54. The number of hydrogen-bond donors (Lipinski definition) is 0. The van der Waals surface area contributed by atoms with Gasteiger partial charge in [-0.1, -0.05) is 6.58 Å². The molecule has 3 rings (SSSR count). The smallest absolute Gasteiger partial charge is 0.352 e. The maximum Gasteiger partial charge on any atom is 0.352 e. The quantitative estimate of drug-likeness (QED) is 0.560. The number of rotatable bonds is 2. The molecular weight excluding hydrogens is 248 g/mol. The van der Waals surface area contributed by atoms with E-state index >= 15 is 0 Å². The van der Waals surface area contributed by atoms with Gasteiger partial charge in [-0.15, -0.1) is 0 Å². The fourth-order valence-electron chi connectivity index (χ4n) is 3.39. The van der Waals surface area contributed by atoms with Crippen LogP contribution in [0.5, 0.6) is 0 Å². The first-order valence-corrected chi connectivity index (χ1v) is 6.73. The molecule has 1 heterocycles. The molecule has 1 aliphatic heterocycles. The molecule has 4 atom stereocenters. The standard InChI is InChI=1S/C14H18O5/c1-8(2)12(15)18-11-7-17-14(19-13(11)16)6-9-3-4-10(14)5-9/h9-11H,1,3-7H2,2H3. The number of carbonyl (C=O) groups is 2. The Morgan fingerprint density at radius 3 is 2.79 bits per heavy atom. The zero-order valence-electron chi connectivity index (χ0n) is 11.0. The summed E-state index contributed by atoms with van der Waals surface area (Å²) in [4.78, 5) is 23.4. The van der Waals surface area contributed by atoms with Crippen LogP contribution in [0.3, 0.4) is 0 Å². The third kappa shape index (κ3) is 2.06. The second-order valence-electron chi connectivity index (χ2n) is 5.80. The van der Waals surface area contributed by atoms with Crippen LogP contribution in [-0.4, -0.2) is 30.4 Å². The summed E-state index contributed by atoms with van der Waals surface area (Å²) in [6, 6.07) is 0. The molecule has 0 N–H and O–H groups in total. The van der Waals surface area contributed by atoms with Crippen LogP contribution in [0.2, 0.25) is 0 Å². The SMILES string of the molecule is C=C(C)C(=O)OC1COC2(CC3CCC2C3)OC1=O. The Kier molecular flexibility index (Phi) is 2.89. The van der Waals surface area contributed by atoms with Crippen molar-refractivity contribution < 1.29 is 23.8 Å². The van der Waals surface area contributed by atoms with Crippen molar-refractivity contribution in [2.75, 3.05) is 6.61 Å². The zero-order chi connectivity index (χ0) is 13.6. The van der Waals surface area contributed by atoms with Crippen LogP contribution >= 0.6 is 0 Å². The van der Waals surface area contributed by atoms with Gasteiger partial charge in [-0.2, -0.15) is 0 Å². The molecule has 0 aromatic carbocycles. The average Bonchev–Trinajstić information content (AvgIpc) is 2.93. The highest BCUT2D eigenvalue weighted by Gasteiger charge is 2.58. The van der Waals surface area contributed by atoms with E-state index in [1.165, 1.54) is 13.3 Å². The lowest BCUT2D eigenvalue weighted by atomic mass is 9.93. The Balaban J connectivity index is 1.65. The third-order valence-corrected chi connectivity index (χ3v) is 4.35. The molecule has 5 nitrogen and oxygen atoms in total. The Morgan fingerprint density at radius 2 is 2.26 bits per heavy atom. The van der Waals surface area contributed by atoms with Gasteiger partial charge in [0.1, 0.15) is 0 Å². The maximum absolute atomic E-state index is 12.0. The average molecular weight is 266 g/mol. The van der Waals surface area contributed by atoms with Crippen LogP contribution in [0.1, 0.15) is 32.6 Å². The van der Waals surface area contributed by atoms with Crippen molar-refractivity contribution in [2.45, 2.75) is 44.5 Å². The molecule has 0 aromatic heterocycles. The molecule has 19 heavy (non-hydrogen) atoms. The van der Waals surface area contributed by atoms with E-state index in [9.17, 15) is 9.59 Å². The van der Waals surface area contributed by atoms with Gasteiger partial charge in [0.05, 0.1) is 6.61 Å². The first-order chi connectivity index (χ1) is 9.00. The predicted molar refractivity (Wildman–Crippen MR) is 64.9 cm³/mol. The molecule has 0 amide bonds. The number of hydrogen-bond acceptors (Lipinski definition) is 5. The van der Waals surface area contributed by atoms with Crippen LogP contribution in [0.15, 0.2) is 12.2 Å². The fraction of sp³-hybridized carbons (Fsp3) is 0.714. The van der Waals surface area contributed by atoms with Crippen LogP contribution < -0.4 is 0 Å². The Hall–Kier alpha value is -1.36. The van der Waals surface area contributed by atoms with E-state index in [4.69, 9.17) is 14.2 Å². The fourth-order valence-corrected chi connectivity index (χ4v) is 3.39. The zero-order valence-corrected chi connectivity index (χ0v) is 11.0. The molecule has 4 unspecified atom stereocenters. The Labute approximate surface area is 111 Å². The van der Waals surface area contributed by atoms with Gasteiger partial charge in [-0.25, -0.2) is 9.59 Å². The van der Waals surface area contributed by atoms with Gasteiger partial charge in [-0.3, -0.25) is 0 Å². The minimum Gasteiger partial charge on any atom is -0.444 e. The van der Waals surface area contributed by atoms with E-state index in [2.05, 4.69) is 6.58 Å². The van der Waals surface area contributed by atoms with E-state index in [0.29, 0.717) is 11.8 Å². The van der Waals surface area contributed by atoms with Gasteiger partial charge in [0.15, 0.2) is 0 Å². The highest BCUT2D eigenvalue weighted by atomic mass is 16.7. The molecule has 104 valence electrons. The molecule has 3 fully saturated rings. The van der Waals surface area contributed by atoms with Crippen molar-refractivity contribution in [3.05, 3.63) is 12.2 Å². The van der Waals surface area contributed by atoms with Gasteiger partial charge >= 0.3 is 11.9 Å². The van der Waals surface area contributed by atoms with Crippen LogP contribution in [0.4, 0.5) is 0 Å². The molecule has 1 saturated heterocycles. The predicted octanol–water partition coefficient (Wildman–Crippen LogP) is 1.56. The minimum atomic E-state index is -0.964. The normalized spacial score (nSPS) is 40.3. The highest BCUT2D eigenvalue weighted by molar-refractivity contribution is 5.89. The minimum absolute atomic E-state index is 0.0844. The van der Waals surface area contributed by atoms with Crippen molar-refractivity contribution in [3.63, 3.8) is 0 Å². The second kappa shape index (κ2) is 4.34. The number of carbonyl (C=O) groups excluding carboxylic acids is 2. The van der Waals surface area contributed by atoms with E-state index in [0.717, 1.165) is 19.3 Å². The molecule has 2 aliphatic carbocycles. The lowest BCUT2D eigenvalue weighted by molar-refractivity contribution is -0.290. The first-order valence-electron chi connectivity index (χ1n) is 6.73. The molecule has 2 saturated carbocycles. The number of ether oxygens (including phenoxy) is 3. The van der Waals surface area contributed by atoms with E-state index < -0.39 is 23.8 Å². The Bertz CT molecular complexity index is 443. The third-order valence-electron chi connectivity index (χ3n) is 4.35. The number of esters is 2. The van der Waals surface area contributed by atoms with Crippen molar-refractivity contribution in [1.29, 1.82) is 0 Å². The van der Waals surface area contributed by atoms with Gasteiger partial charge < -0.3 is 14.2 Å². The monoisotopic (exact) mass is 266 g/mol. The van der Waals surface area contributed by atoms with Crippen molar-refractivity contribution >= 4 is 11.9 Å². The summed E-state index contributed by atoms with van der Waals surface area (Å²) in [6.45, 7) is 5.10. The summed E-state index contributed by atoms with van der Waals surface area (Å²) < 4.78 is 16.3. The molecule has 0 aromatic rings. The molecular formula is C14H18O5. The lowest BCUT2D eigenvalue weighted by Gasteiger charge is -2.41. The summed E-state index contributed by atoms with van der Waals surface area (Å²) >= 11 is 0. The van der Waals surface area contributed by atoms with E-state index in [1.807, 2.05) is 0 Å². The van der Waals surface area contributed by atoms with Crippen molar-refractivity contribution in [2.24, 2.45) is 11.8 Å². The molecule has 2 bridgehead atoms. The summed E-state index contributed by atoms with van der Waals surface area (Å²) in [5.74, 6) is -0.916. The second-order valence-corrected chi connectivity index (χ2v) is 5.80. The Morgan fingerprint density at radius 1 is 1.47 bits per heavy atom. The van der Waals surface area contributed by atoms with E-state index in [1.54, 1.807) is 0 Å². The summed E-state index contributed by atoms with van der Waals surface area (Å²) in [5.41, 5.74) is 0.257. The van der Waals surface area contributed by atoms with Crippen molar-refractivity contribution in [1.82, 2.24) is 0 Å². The van der Waals surface area contributed by atoms with Crippen LogP contribution in [-0.2, 0) is 23.8 Å². The van der Waals surface area contributed by atoms with E-state index in [-0.39, 0.29) is 12.2 Å². The summed E-state index contributed by atoms with van der Waals surface area (Å²) in [6.07, 6.45) is 3.14. The summed E-state index contributed by atoms with van der Waals surface area (Å²) in [7, 11) is 0. The molecule has 3 aliphatic rings. The summed E-state index contributed by atoms with van der Waals surface area (Å²) in [5, 5.41) is 0. The van der Waals surface area contributed by atoms with Gasteiger partial charge in [-0.05, 0) is 32.1 Å².